The first-order valence-corrected chi connectivity index (χ1v) is 9.45. The maximum atomic E-state index is 14.1. The summed E-state index contributed by atoms with van der Waals surface area (Å²) in [6.07, 6.45) is 1.45. The number of benzene rings is 1. The van der Waals surface area contributed by atoms with Gasteiger partial charge >= 0.3 is 0 Å². The third kappa shape index (κ3) is 6.62. The molecule has 1 saturated heterocycles. The van der Waals surface area contributed by atoms with Crippen LogP contribution >= 0.6 is 24.0 Å². The third-order valence-electron chi connectivity index (χ3n) is 4.76. The molecule has 152 valence electrons. The number of nitrogens with zero attached hydrogens (tertiary/aromatic N) is 2. The number of guanidine groups is 1. The minimum absolute atomic E-state index is 0. The minimum atomic E-state index is -0.409. The van der Waals surface area contributed by atoms with E-state index in [1.807, 2.05) is 44.7 Å². The van der Waals surface area contributed by atoms with Crippen molar-refractivity contribution in [3.05, 3.63) is 35.6 Å². The molecule has 0 bridgehead atoms. The fourth-order valence-corrected chi connectivity index (χ4v) is 3.21. The summed E-state index contributed by atoms with van der Waals surface area (Å²) in [6, 6.07) is 7.05. The van der Waals surface area contributed by atoms with E-state index in [9.17, 15) is 9.18 Å². The van der Waals surface area contributed by atoms with Gasteiger partial charge in [-0.05, 0) is 25.0 Å². The van der Waals surface area contributed by atoms with Gasteiger partial charge in [0.1, 0.15) is 5.82 Å². The van der Waals surface area contributed by atoms with Gasteiger partial charge in [0.2, 0.25) is 5.91 Å². The number of amides is 1. The first-order valence-electron chi connectivity index (χ1n) is 9.45. The molecule has 0 aliphatic carbocycles. The molecule has 1 unspecified atom stereocenters. The molecule has 27 heavy (non-hydrogen) atoms. The zero-order chi connectivity index (χ0) is 19.2. The predicted molar refractivity (Wildman–Crippen MR) is 119 cm³/mol. The fraction of sp³-hybridized carbons (Fsp3) is 0.600. The molecule has 7 heteroatoms. The van der Waals surface area contributed by atoms with Gasteiger partial charge in [0, 0.05) is 37.5 Å². The van der Waals surface area contributed by atoms with E-state index in [1.54, 1.807) is 6.07 Å². The Morgan fingerprint density at radius 3 is 2.67 bits per heavy atom. The fourth-order valence-electron chi connectivity index (χ4n) is 3.21. The minimum Gasteiger partial charge on any atom is -0.357 e. The van der Waals surface area contributed by atoms with Crippen LogP contribution < -0.4 is 10.6 Å². The maximum Gasteiger partial charge on any atom is 0.222 e. The summed E-state index contributed by atoms with van der Waals surface area (Å²) in [7, 11) is 0. The van der Waals surface area contributed by atoms with Crippen LogP contribution in [0.2, 0.25) is 0 Å². The molecule has 5 nitrogen and oxygen atoms in total. The largest absolute Gasteiger partial charge is 0.357 e. The monoisotopic (exact) mass is 490 g/mol. The molecule has 1 aliphatic rings. The first-order chi connectivity index (χ1) is 12.4. The van der Waals surface area contributed by atoms with Crippen LogP contribution in [0.25, 0.3) is 0 Å². The molecule has 1 heterocycles. The third-order valence-corrected chi connectivity index (χ3v) is 4.76. The van der Waals surface area contributed by atoms with Crippen molar-refractivity contribution in [2.75, 3.05) is 26.2 Å². The van der Waals surface area contributed by atoms with Gasteiger partial charge in [0.15, 0.2) is 5.96 Å². The van der Waals surface area contributed by atoms with Crippen LogP contribution in [0.15, 0.2) is 29.3 Å². The van der Waals surface area contributed by atoms with Crippen molar-refractivity contribution < 1.29 is 9.18 Å². The Labute approximate surface area is 179 Å². The van der Waals surface area contributed by atoms with Gasteiger partial charge in [0.05, 0.1) is 6.54 Å². The average Bonchev–Trinajstić information content (AvgIpc) is 3.08. The second-order valence-corrected chi connectivity index (χ2v) is 7.38. The van der Waals surface area contributed by atoms with E-state index in [1.165, 1.54) is 6.07 Å². The van der Waals surface area contributed by atoms with Crippen LogP contribution in [0.3, 0.4) is 0 Å². The Morgan fingerprint density at radius 1 is 1.33 bits per heavy atom. The van der Waals surface area contributed by atoms with Crippen LogP contribution in [0.1, 0.15) is 46.1 Å². The smallest absolute Gasteiger partial charge is 0.222 e. The van der Waals surface area contributed by atoms with Crippen LogP contribution in [0.5, 0.6) is 0 Å². The van der Waals surface area contributed by atoms with Gasteiger partial charge in [-0.2, -0.15) is 0 Å². The van der Waals surface area contributed by atoms with Crippen molar-refractivity contribution in [2.45, 2.75) is 52.0 Å². The lowest BCUT2D eigenvalue weighted by Gasteiger charge is -2.25. The molecular weight excluding hydrogens is 458 g/mol. The molecule has 1 fully saturated rings. The average molecular weight is 490 g/mol. The Kier molecular flexibility index (Phi) is 9.49. The van der Waals surface area contributed by atoms with E-state index in [4.69, 9.17) is 0 Å². The highest BCUT2D eigenvalue weighted by Gasteiger charge is 2.27. The number of carbonyl (C=O) groups excluding carboxylic acids is 1. The zero-order valence-electron chi connectivity index (χ0n) is 16.7. The van der Waals surface area contributed by atoms with Gasteiger partial charge in [-0.15, -0.1) is 24.0 Å². The summed E-state index contributed by atoms with van der Waals surface area (Å²) in [5.74, 6) is 0.708. The first kappa shape index (κ1) is 23.7. The van der Waals surface area contributed by atoms with Crippen molar-refractivity contribution in [3.63, 3.8) is 0 Å². The van der Waals surface area contributed by atoms with Crippen LogP contribution in [0.4, 0.5) is 4.39 Å². The lowest BCUT2D eigenvalue weighted by molar-refractivity contribution is -0.129. The Morgan fingerprint density at radius 2 is 2.04 bits per heavy atom. The number of likely N-dealkylation sites (tertiary alicyclic amines) is 1. The lowest BCUT2D eigenvalue weighted by atomic mass is 9.84. The Balaban J connectivity index is 0.00000364. The normalized spacial score (nSPS) is 17.4. The second-order valence-electron chi connectivity index (χ2n) is 7.38. The van der Waals surface area contributed by atoms with Crippen LogP contribution in [-0.2, 0) is 10.2 Å². The topological polar surface area (TPSA) is 56.7 Å². The molecule has 2 N–H and O–H groups in total. The highest BCUT2D eigenvalue weighted by atomic mass is 127. The van der Waals surface area contributed by atoms with Crippen LogP contribution in [0, 0.1) is 5.82 Å². The van der Waals surface area contributed by atoms with Crippen molar-refractivity contribution in [2.24, 2.45) is 4.99 Å². The van der Waals surface area contributed by atoms with Crippen molar-refractivity contribution >= 4 is 35.8 Å². The summed E-state index contributed by atoms with van der Waals surface area (Å²) in [5.41, 5.74) is 0.258. The van der Waals surface area contributed by atoms with Crippen molar-refractivity contribution in [1.29, 1.82) is 0 Å². The summed E-state index contributed by atoms with van der Waals surface area (Å²) < 4.78 is 14.1. The Hall–Kier alpha value is -1.38. The number of aliphatic imine (C=N–C) groups is 1. The molecule has 0 radical (unpaired) electrons. The van der Waals surface area contributed by atoms with E-state index < -0.39 is 5.41 Å². The number of halogens is 2. The Bertz CT molecular complexity index is 651. The highest BCUT2D eigenvalue weighted by Crippen LogP contribution is 2.26. The van der Waals surface area contributed by atoms with E-state index in [0.717, 1.165) is 19.5 Å². The predicted octanol–water partition coefficient (Wildman–Crippen LogP) is 3.29. The molecular formula is C20H32FIN4O. The van der Waals surface area contributed by atoms with Gasteiger partial charge in [-0.3, -0.25) is 9.79 Å². The molecule has 0 spiro atoms. The molecule has 1 aromatic carbocycles. The SMILES string of the molecule is CCNC(=NCC(C)(C)c1ccccc1F)NC1CCN(C(=O)CC)C1.I. The molecule has 0 saturated carbocycles. The standard InChI is InChI=1S/C20H31FN4O.HI/c1-5-18(26)25-12-11-15(13-25)24-19(22-6-2)23-14-20(3,4)16-9-7-8-10-17(16)21;/h7-10,15H,5-6,11-14H2,1-4H3,(H2,22,23,24);1H. The van der Waals surface area contributed by atoms with Gasteiger partial charge < -0.3 is 15.5 Å². The van der Waals surface area contributed by atoms with Crippen LogP contribution in [-0.4, -0.2) is 49.0 Å². The number of nitrogens with one attached hydrogen (secondary N) is 2. The quantitative estimate of drug-likeness (QED) is 0.366. The lowest BCUT2D eigenvalue weighted by Crippen LogP contribution is -2.45. The summed E-state index contributed by atoms with van der Waals surface area (Å²) in [4.78, 5) is 18.4. The van der Waals surface area contributed by atoms with Crippen molar-refractivity contribution in [1.82, 2.24) is 15.5 Å². The molecule has 1 atom stereocenters. The molecule has 0 aromatic heterocycles. The summed E-state index contributed by atoms with van der Waals surface area (Å²) in [5, 5.41) is 6.66. The van der Waals surface area contributed by atoms with Gasteiger partial charge in [0.25, 0.3) is 0 Å². The van der Waals surface area contributed by atoms with E-state index in [2.05, 4.69) is 15.6 Å². The number of carbonyl (C=O) groups is 1. The maximum absolute atomic E-state index is 14.1. The second kappa shape index (κ2) is 10.8. The molecule has 1 aromatic rings. The highest BCUT2D eigenvalue weighted by molar-refractivity contribution is 14.0. The molecule has 2 rings (SSSR count). The van der Waals surface area contributed by atoms with Gasteiger partial charge in [-0.1, -0.05) is 39.0 Å². The van der Waals surface area contributed by atoms with E-state index in [-0.39, 0.29) is 41.7 Å². The van der Waals surface area contributed by atoms with Crippen molar-refractivity contribution in [3.8, 4) is 0 Å². The molecule has 1 aliphatic heterocycles. The number of hydrogen-bond acceptors (Lipinski definition) is 2. The number of rotatable bonds is 6. The number of hydrogen-bond donors (Lipinski definition) is 2. The summed E-state index contributed by atoms with van der Waals surface area (Å²) in [6.45, 7) is 10.6. The van der Waals surface area contributed by atoms with E-state index >= 15 is 0 Å². The van der Waals surface area contributed by atoms with Gasteiger partial charge in [-0.25, -0.2) is 4.39 Å². The zero-order valence-corrected chi connectivity index (χ0v) is 19.0. The molecule has 1 amide bonds. The van der Waals surface area contributed by atoms with E-state index in [0.29, 0.717) is 31.0 Å². The summed E-state index contributed by atoms with van der Waals surface area (Å²) >= 11 is 0.